The van der Waals surface area contributed by atoms with Crippen LogP contribution in [0.4, 0.5) is 4.79 Å². The van der Waals surface area contributed by atoms with Crippen molar-refractivity contribution in [3.8, 4) is 17.1 Å². The molecule has 1 N–H and O–H groups in total. The molecule has 2 rings (SSSR count). The lowest BCUT2D eigenvalue weighted by molar-refractivity contribution is 0.0407. The van der Waals surface area contributed by atoms with Gasteiger partial charge in [0.05, 0.1) is 22.6 Å². The highest BCUT2D eigenvalue weighted by Crippen LogP contribution is 2.25. The molecule has 0 spiro atoms. The van der Waals surface area contributed by atoms with Crippen LogP contribution in [-0.4, -0.2) is 38.8 Å². The Bertz CT molecular complexity index is 883. The van der Waals surface area contributed by atoms with Crippen molar-refractivity contribution in [1.82, 2.24) is 20.3 Å². The van der Waals surface area contributed by atoms with Crippen molar-refractivity contribution in [2.24, 2.45) is 5.92 Å². The van der Waals surface area contributed by atoms with Gasteiger partial charge < -0.3 is 14.8 Å². The van der Waals surface area contributed by atoms with E-state index < -0.39 is 17.2 Å². The maximum Gasteiger partial charge on any atom is 0.408 e. The molecule has 0 radical (unpaired) electrons. The molecule has 1 amide bonds. The van der Waals surface area contributed by atoms with Crippen molar-refractivity contribution in [1.29, 1.82) is 0 Å². The van der Waals surface area contributed by atoms with Crippen LogP contribution in [0.15, 0.2) is 24.4 Å². The van der Waals surface area contributed by atoms with Crippen LogP contribution in [0.1, 0.15) is 53.7 Å². The molecule has 0 fully saturated rings. The van der Waals surface area contributed by atoms with E-state index in [0.717, 1.165) is 6.42 Å². The van der Waals surface area contributed by atoms with Crippen LogP contribution in [0.3, 0.4) is 0 Å². The monoisotopic (exact) mass is 434 g/mol. The van der Waals surface area contributed by atoms with Gasteiger partial charge in [0.15, 0.2) is 0 Å². The van der Waals surface area contributed by atoms with E-state index >= 15 is 0 Å². The Kier molecular flexibility index (Phi) is 7.64. The van der Waals surface area contributed by atoms with Gasteiger partial charge in [-0.3, -0.25) is 0 Å². The highest BCUT2D eigenvalue weighted by Gasteiger charge is 2.31. The maximum atomic E-state index is 12.3. The number of amides is 1. The van der Waals surface area contributed by atoms with Crippen LogP contribution in [0.25, 0.3) is 11.4 Å². The van der Waals surface area contributed by atoms with Gasteiger partial charge in [0.25, 0.3) is 0 Å². The minimum atomic E-state index is -0.595. The molecule has 2 aromatic heterocycles. The zero-order valence-corrected chi connectivity index (χ0v) is 19.5. The fourth-order valence-electron chi connectivity index (χ4n) is 3.16. The van der Waals surface area contributed by atoms with E-state index in [2.05, 4.69) is 34.1 Å². The molecule has 8 heteroatoms. The second-order valence-corrected chi connectivity index (χ2v) is 9.40. The van der Waals surface area contributed by atoms with E-state index in [1.165, 1.54) is 0 Å². The Balaban J connectivity index is 2.13. The van der Waals surface area contributed by atoms with E-state index in [0.29, 0.717) is 28.7 Å². The summed E-state index contributed by atoms with van der Waals surface area (Å²) in [5, 5.41) is 3.15. The number of carbonyl (C=O) groups excluding carboxylic acids is 1. The predicted molar refractivity (Wildman–Crippen MR) is 118 cm³/mol. The van der Waals surface area contributed by atoms with Gasteiger partial charge in [0, 0.05) is 6.20 Å². The zero-order chi connectivity index (χ0) is 22.5. The number of ether oxygens (including phenoxy) is 2. The molecule has 2 heterocycles. The predicted octanol–water partition coefficient (Wildman–Crippen LogP) is 5.21. The lowest BCUT2D eigenvalue weighted by Crippen LogP contribution is -2.52. The Labute approximate surface area is 183 Å². The van der Waals surface area contributed by atoms with Crippen LogP contribution in [0.5, 0.6) is 5.75 Å². The highest BCUT2D eigenvalue weighted by atomic mass is 35.5. The zero-order valence-electron chi connectivity index (χ0n) is 18.7. The number of aromatic nitrogens is 3. The van der Waals surface area contributed by atoms with Crippen molar-refractivity contribution in [2.75, 3.05) is 6.61 Å². The lowest BCUT2D eigenvalue weighted by Gasteiger charge is -2.33. The van der Waals surface area contributed by atoms with Gasteiger partial charge in [-0.15, -0.1) is 0 Å². The number of pyridine rings is 1. The minimum Gasteiger partial charge on any atom is -0.489 e. The number of nitrogens with zero attached hydrogens (tertiary/aromatic N) is 3. The van der Waals surface area contributed by atoms with E-state index in [1.807, 2.05) is 46.8 Å². The van der Waals surface area contributed by atoms with Gasteiger partial charge in [-0.1, -0.05) is 13.8 Å². The molecule has 30 heavy (non-hydrogen) atoms. The molecule has 0 saturated heterocycles. The third kappa shape index (κ3) is 7.44. The van der Waals surface area contributed by atoms with Crippen molar-refractivity contribution >= 4 is 17.7 Å². The molecule has 0 aliphatic carbocycles. The molecule has 0 bridgehead atoms. The normalized spacial score (nSPS) is 13.6. The van der Waals surface area contributed by atoms with Crippen LogP contribution >= 0.6 is 11.6 Å². The first-order valence-electron chi connectivity index (χ1n) is 9.97. The van der Waals surface area contributed by atoms with Crippen molar-refractivity contribution in [3.05, 3.63) is 35.4 Å². The summed E-state index contributed by atoms with van der Waals surface area (Å²) < 4.78 is 11.5. The minimum absolute atomic E-state index is 0.171. The number of alkyl carbamates (subject to hydrolysis) is 1. The molecule has 7 nitrogen and oxygen atoms in total. The summed E-state index contributed by atoms with van der Waals surface area (Å²) in [5.41, 5.74) is 0.874. The Hall–Kier alpha value is -2.41. The first kappa shape index (κ1) is 23.9. The van der Waals surface area contributed by atoms with E-state index in [4.69, 9.17) is 21.1 Å². The second kappa shape index (κ2) is 9.60. The quantitative estimate of drug-likeness (QED) is 0.602. The SMILES string of the molecule is Cc1nc(-c2ccnc(Cl)n2)ccc1OCC(C)(CC(C)C)NC(=O)OC(C)(C)C. The van der Waals surface area contributed by atoms with Crippen LogP contribution in [0.2, 0.25) is 5.28 Å². The largest absolute Gasteiger partial charge is 0.489 e. The summed E-state index contributed by atoms with van der Waals surface area (Å²) in [6.07, 6.45) is 1.86. The standard InChI is InChI=1S/C22H31ClN4O3/c1-14(2)12-22(7,27-20(28)30-21(4,5)6)13-29-18-9-8-16(25-15(18)3)17-10-11-24-19(23)26-17/h8-11,14H,12-13H2,1-7H3,(H,27,28). The topological polar surface area (TPSA) is 86.2 Å². The van der Waals surface area contributed by atoms with Crippen LogP contribution < -0.4 is 10.1 Å². The van der Waals surface area contributed by atoms with E-state index in [1.54, 1.807) is 12.3 Å². The summed E-state index contributed by atoms with van der Waals surface area (Å²) in [7, 11) is 0. The molecule has 0 saturated carbocycles. The first-order valence-corrected chi connectivity index (χ1v) is 10.4. The van der Waals surface area contributed by atoms with Crippen LogP contribution in [0, 0.1) is 12.8 Å². The highest BCUT2D eigenvalue weighted by molar-refractivity contribution is 6.28. The lowest BCUT2D eigenvalue weighted by atomic mass is 9.91. The number of rotatable bonds is 7. The molecule has 1 unspecified atom stereocenters. The van der Waals surface area contributed by atoms with Crippen molar-refractivity contribution in [2.45, 2.75) is 66.0 Å². The molecule has 164 valence electrons. The molecule has 1 atom stereocenters. The Morgan fingerprint density at radius 1 is 1.13 bits per heavy atom. The maximum absolute atomic E-state index is 12.3. The van der Waals surface area contributed by atoms with Gasteiger partial charge in [-0.05, 0) is 76.8 Å². The number of carbonyl (C=O) groups is 1. The molecule has 0 aliphatic heterocycles. The van der Waals surface area contributed by atoms with E-state index in [9.17, 15) is 4.79 Å². The number of hydrogen-bond acceptors (Lipinski definition) is 6. The van der Waals surface area contributed by atoms with Gasteiger partial charge in [0.1, 0.15) is 18.0 Å². The van der Waals surface area contributed by atoms with Gasteiger partial charge in [0.2, 0.25) is 5.28 Å². The number of nitrogens with one attached hydrogen (secondary N) is 1. The first-order chi connectivity index (χ1) is 13.9. The fourth-order valence-corrected chi connectivity index (χ4v) is 3.30. The third-order valence-corrected chi connectivity index (χ3v) is 4.32. The summed E-state index contributed by atoms with van der Waals surface area (Å²) in [5.74, 6) is 0.998. The van der Waals surface area contributed by atoms with Crippen molar-refractivity contribution in [3.63, 3.8) is 0 Å². The number of aryl methyl sites for hydroxylation is 1. The number of hydrogen-bond donors (Lipinski definition) is 1. The Morgan fingerprint density at radius 2 is 1.80 bits per heavy atom. The van der Waals surface area contributed by atoms with E-state index in [-0.39, 0.29) is 11.9 Å². The smallest absolute Gasteiger partial charge is 0.408 e. The molecule has 0 aromatic carbocycles. The number of halogens is 1. The summed E-state index contributed by atoms with van der Waals surface area (Å²) in [6, 6.07) is 5.41. The average molecular weight is 435 g/mol. The second-order valence-electron chi connectivity index (χ2n) is 9.07. The Morgan fingerprint density at radius 3 is 2.37 bits per heavy atom. The summed E-state index contributed by atoms with van der Waals surface area (Å²) in [6.45, 7) is 13.8. The molecular formula is C22H31ClN4O3. The van der Waals surface area contributed by atoms with Gasteiger partial charge in [-0.2, -0.15) is 0 Å². The average Bonchev–Trinajstić information content (AvgIpc) is 2.58. The van der Waals surface area contributed by atoms with Gasteiger partial charge in [-0.25, -0.2) is 19.7 Å². The third-order valence-electron chi connectivity index (χ3n) is 4.13. The fraction of sp³-hybridized carbons (Fsp3) is 0.545. The van der Waals surface area contributed by atoms with Crippen LogP contribution in [-0.2, 0) is 4.74 Å². The van der Waals surface area contributed by atoms with Crippen molar-refractivity contribution < 1.29 is 14.3 Å². The summed E-state index contributed by atoms with van der Waals surface area (Å²) in [4.78, 5) is 25.0. The van der Waals surface area contributed by atoms with Gasteiger partial charge >= 0.3 is 6.09 Å². The molecular weight excluding hydrogens is 404 g/mol. The summed E-state index contributed by atoms with van der Waals surface area (Å²) >= 11 is 5.87. The molecule has 0 aliphatic rings. The molecule has 2 aromatic rings.